The fourth-order valence-corrected chi connectivity index (χ4v) is 3.33. The number of amides is 1. The molecule has 0 radical (unpaired) electrons. The Morgan fingerprint density at radius 2 is 2.00 bits per heavy atom. The minimum absolute atomic E-state index is 0.0531. The van der Waals surface area contributed by atoms with Crippen LogP contribution in [0.1, 0.15) is 21.5 Å². The number of ketones is 1. The number of benzene rings is 1. The number of thiophene rings is 1. The van der Waals surface area contributed by atoms with E-state index in [-0.39, 0.29) is 24.8 Å². The van der Waals surface area contributed by atoms with Crippen LogP contribution in [0.2, 0.25) is 0 Å². The molecule has 3 rings (SSSR count). The minimum atomic E-state index is -0.961. The van der Waals surface area contributed by atoms with Crippen molar-refractivity contribution in [1.29, 1.82) is 0 Å². The van der Waals surface area contributed by atoms with Crippen molar-refractivity contribution in [2.24, 2.45) is 0 Å². The first-order valence-corrected chi connectivity index (χ1v) is 8.57. The molecule has 0 unspecified atom stereocenters. The fourth-order valence-electron chi connectivity index (χ4n) is 2.54. The van der Waals surface area contributed by atoms with Crippen molar-refractivity contribution in [3.8, 4) is 5.75 Å². The highest BCUT2D eigenvalue weighted by Crippen LogP contribution is 2.33. The smallest absolute Gasteiger partial charge is 0.349 e. The van der Waals surface area contributed by atoms with Crippen molar-refractivity contribution in [2.45, 2.75) is 20.0 Å². The Morgan fingerprint density at radius 1 is 1.24 bits per heavy atom. The van der Waals surface area contributed by atoms with Crippen LogP contribution in [0.3, 0.4) is 0 Å². The summed E-state index contributed by atoms with van der Waals surface area (Å²) in [6.07, 6.45) is -0.961. The van der Waals surface area contributed by atoms with Gasteiger partial charge in [-0.25, -0.2) is 4.79 Å². The number of fused-ring (bicyclic) bond motifs is 1. The number of aryl methyl sites for hydroxylation is 1. The van der Waals surface area contributed by atoms with Gasteiger partial charge >= 0.3 is 5.97 Å². The molecular formula is C18H17NO5S. The molecule has 6 nitrogen and oxygen atoms in total. The summed E-state index contributed by atoms with van der Waals surface area (Å²) < 4.78 is 10.7. The Morgan fingerprint density at radius 3 is 2.68 bits per heavy atom. The zero-order valence-electron chi connectivity index (χ0n) is 13.9. The Hall–Kier alpha value is -2.67. The van der Waals surface area contributed by atoms with E-state index in [2.05, 4.69) is 0 Å². The van der Waals surface area contributed by atoms with E-state index in [0.29, 0.717) is 16.3 Å². The molecular weight excluding hydrogens is 342 g/mol. The second kappa shape index (κ2) is 7.06. The summed E-state index contributed by atoms with van der Waals surface area (Å²) in [7, 11) is 0. The summed E-state index contributed by atoms with van der Waals surface area (Å²) in [4.78, 5) is 39.2. The van der Waals surface area contributed by atoms with Crippen LogP contribution in [0.15, 0.2) is 36.4 Å². The maximum atomic E-state index is 12.3. The number of rotatable bonds is 4. The van der Waals surface area contributed by atoms with E-state index >= 15 is 0 Å². The summed E-state index contributed by atoms with van der Waals surface area (Å²) >= 11 is 1.35. The van der Waals surface area contributed by atoms with Gasteiger partial charge in [0.05, 0.1) is 17.1 Å². The maximum Gasteiger partial charge on any atom is 0.349 e. The Kier molecular flexibility index (Phi) is 4.85. The molecule has 0 fully saturated rings. The maximum absolute atomic E-state index is 12.3. The molecule has 130 valence electrons. The van der Waals surface area contributed by atoms with Gasteiger partial charge < -0.3 is 14.4 Å². The number of ether oxygens (including phenoxy) is 2. The lowest BCUT2D eigenvalue weighted by molar-refractivity contribution is -0.150. The quantitative estimate of drug-likeness (QED) is 0.620. The number of Topliss-reactive ketones (excluding diaryl/α,β-unsaturated/α-hetero) is 1. The lowest BCUT2D eigenvalue weighted by Gasteiger charge is -2.33. The Balaban J connectivity index is 1.67. The summed E-state index contributed by atoms with van der Waals surface area (Å²) in [6, 6.07) is 10.5. The van der Waals surface area contributed by atoms with Crippen LogP contribution in [-0.2, 0) is 14.3 Å². The van der Waals surface area contributed by atoms with Gasteiger partial charge in [0, 0.05) is 11.8 Å². The van der Waals surface area contributed by atoms with Crippen LogP contribution >= 0.6 is 11.3 Å². The van der Waals surface area contributed by atoms with Crippen LogP contribution < -0.4 is 9.64 Å². The van der Waals surface area contributed by atoms with Gasteiger partial charge in [0.1, 0.15) is 5.75 Å². The highest BCUT2D eigenvalue weighted by atomic mass is 32.1. The second-order valence-electron chi connectivity index (χ2n) is 5.65. The molecule has 0 saturated heterocycles. The molecule has 1 aliphatic heterocycles. The lowest BCUT2D eigenvalue weighted by Crippen LogP contribution is -2.47. The van der Waals surface area contributed by atoms with E-state index in [9.17, 15) is 14.4 Å². The van der Waals surface area contributed by atoms with Gasteiger partial charge in [-0.3, -0.25) is 9.59 Å². The van der Waals surface area contributed by atoms with Crippen molar-refractivity contribution in [2.75, 3.05) is 18.1 Å². The molecule has 0 spiro atoms. The topological polar surface area (TPSA) is 72.9 Å². The van der Waals surface area contributed by atoms with Crippen molar-refractivity contribution in [3.05, 3.63) is 46.2 Å². The zero-order chi connectivity index (χ0) is 18.0. The van der Waals surface area contributed by atoms with Crippen LogP contribution in [0.25, 0.3) is 0 Å². The van der Waals surface area contributed by atoms with E-state index in [1.54, 1.807) is 30.3 Å². The highest BCUT2D eigenvalue weighted by molar-refractivity contribution is 7.14. The predicted octanol–water partition coefficient (Wildman–Crippen LogP) is 2.60. The largest absolute Gasteiger partial charge is 0.475 e. The summed E-state index contributed by atoms with van der Waals surface area (Å²) in [5.41, 5.74) is 0.615. The van der Waals surface area contributed by atoms with Crippen molar-refractivity contribution in [1.82, 2.24) is 0 Å². The molecule has 0 aliphatic carbocycles. The molecule has 1 aromatic carbocycles. The molecule has 2 heterocycles. The highest BCUT2D eigenvalue weighted by Gasteiger charge is 2.33. The third-order valence-corrected chi connectivity index (χ3v) is 4.82. The average molecular weight is 359 g/mol. The molecule has 25 heavy (non-hydrogen) atoms. The molecule has 0 saturated carbocycles. The van der Waals surface area contributed by atoms with Crippen LogP contribution in [0, 0.1) is 6.92 Å². The van der Waals surface area contributed by atoms with E-state index in [4.69, 9.17) is 9.47 Å². The molecule has 0 N–H and O–H groups in total. The van der Waals surface area contributed by atoms with E-state index in [1.165, 1.54) is 23.2 Å². The molecule has 0 bridgehead atoms. The third kappa shape index (κ3) is 3.71. The number of carbonyl (C=O) groups is 3. The number of esters is 1. The van der Waals surface area contributed by atoms with Gasteiger partial charge in [0.25, 0.3) is 0 Å². The third-order valence-electron chi connectivity index (χ3n) is 3.78. The van der Waals surface area contributed by atoms with Gasteiger partial charge in [-0.15, -0.1) is 11.3 Å². The molecule has 1 aliphatic rings. The number of hydrogen-bond donors (Lipinski definition) is 0. The van der Waals surface area contributed by atoms with Crippen LogP contribution in [0.4, 0.5) is 5.69 Å². The van der Waals surface area contributed by atoms with Crippen LogP contribution in [-0.4, -0.2) is 36.9 Å². The second-order valence-corrected chi connectivity index (χ2v) is 6.93. The number of para-hydroxylation sites is 2. The van der Waals surface area contributed by atoms with Crippen LogP contribution in [0.5, 0.6) is 5.75 Å². The number of carbonyl (C=O) groups excluding carboxylic acids is 3. The lowest BCUT2D eigenvalue weighted by atomic mass is 10.2. The number of nitrogens with zero attached hydrogens (tertiary/aromatic N) is 1. The molecule has 1 aromatic heterocycles. The van der Waals surface area contributed by atoms with E-state index in [1.807, 2.05) is 13.0 Å². The zero-order valence-corrected chi connectivity index (χ0v) is 14.7. The summed E-state index contributed by atoms with van der Waals surface area (Å²) in [5.74, 6) is -0.682. The average Bonchev–Trinajstić information content (AvgIpc) is 3.04. The van der Waals surface area contributed by atoms with E-state index in [0.717, 1.165) is 4.88 Å². The minimum Gasteiger partial charge on any atom is -0.475 e. The van der Waals surface area contributed by atoms with Gasteiger partial charge in [-0.2, -0.15) is 0 Å². The molecule has 1 atom stereocenters. The fraction of sp³-hybridized carbons (Fsp3) is 0.278. The SMILES string of the molecule is CC(=O)N1C[C@@H](C(=O)OCC(=O)c2ccc(C)s2)Oc2ccccc21. The normalized spacial score (nSPS) is 15.9. The van der Waals surface area contributed by atoms with Gasteiger partial charge in [0.15, 0.2) is 6.61 Å². The first-order chi connectivity index (χ1) is 12.0. The number of anilines is 1. The molecule has 2 aromatic rings. The molecule has 1 amide bonds. The van der Waals surface area contributed by atoms with Crippen molar-refractivity contribution >= 4 is 34.7 Å². The predicted molar refractivity (Wildman–Crippen MR) is 93.2 cm³/mol. The van der Waals surface area contributed by atoms with Gasteiger partial charge in [0.2, 0.25) is 17.8 Å². The van der Waals surface area contributed by atoms with Gasteiger partial charge in [-0.05, 0) is 31.2 Å². The monoisotopic (exact) mass is 359 g/mol. The Bertz CT molecular complexity index is 828. The number of hydrogen-bond acceptors (Lipinski definition) is 6. The first-order valence-electron chi connectivity index (χ1n) is 7.76. The van der Waals surface area contributed by atoms with Crippen molar-refractivity contribution < 1.29 is 23.9 Å². The molecule has 7 heteroatoms. The Labute approximate surface area is 149 Å². The standard InChI is InChI=1S/C18H17NO5S/c1-11-7-8-17(25-11)14(21)10-23-18(22)16-9-19(12(2)20)13-5-3-4-6-15(13)24-16/h3-8,16H,9-10H2,1-2H3/t16-/m0/s1. The summed E-state index contributed by atoms with van der Waals surface area (Å²) in [6.45, 7) is 3.03. The first kappa shape index (κ1) is 17.2. The van der Waals surface area contributed by atoms with Gasteiger partial charge in [-0.1, -0.05) is 12.1 Å². The van der Waals surface area contributed by atoms with Crippen molar-refractivity contribution in [3.63, 3.8) is 0 Å². The summed E-state index contributed by atoms with van der Waals surface area (Å²) in [5, 5.41) is 0. The van der Waals surface area contributed by atoms with E-state index < -0.39 is 12.1 Å².